The van der Waals surface area contributed by atoms with Gasteiger partial charge in [-0.1, -0.05) is 12.1 Å². The lowest BCUT2D eigenvalue weighted by atomic mass is 10.3. The lowest BCUT2D eigenvalue weighted by molar-refractivity contribution is 1.43. The number of para-hydroxylation sites is 2. The van der Waals surface area contributed by atoms with Crippen molar-refractivity contribution in [1.29, 1.82) is 0 Å². The largest absolute Gasteiger partial charge is 0.244 e. The van der Waals surface area contributed by atoms with Crippen molar-refractivity contribution in [1.82, 2.24) is 9.97 Å². The Morgan fingerprint density at radius 1 is 0.846 bits per heavy atom. The maximum Gasteiger partial charge on any atom is 0.142 e. The number of nitrogens with zero attached hydrogens (tertiary/aromatic N) is 2. The minimum absolute atomic E-state index is 0.966. The van der Waals surface area contributed by atoms with Gasteiger partial charge in [-0.3, -0.25) is 0 Å². The maximum atomic E-state index is 4.49. The molecular formula is C10H6N2S. The lowest BCUT2D eigenvalue weighted by Crippen LogP contribution is -1.81. The van der Waals surface area contributed by atoms with Crippen molar-refractivity contribution in [2.45, 2.75) is 0 Å². The highest BCUT2D eigenvalue weighted by Gasteiger charge is 2.00. The number of benzene rings is 1. The van der Waals surface area contributed by atoms with Crippen LogP contribution in [0.25, 0.3) is 21.4 Å². The average Bonchev–Trinajstić information content (AvgIpc) is 2.61. The predicted molar refractivity (Wildman–Crippen MR) is 54.9 cm³/mol. The molecule has 13 heavy (non-hydrogen) atoms. The summed E-state index contributed by atoms with van der Waals surface area (Å²) in [4.78, 5) is 9.99. The molecule has 2 nitrogen and oxygen atoms in total. The van der Waals surface area contributed by atoms with Gasteiger partial charge in [-0.2, -0.15) is 0 Å². The van der Waals surface area contributed by atoms with Crippen molar-refractivity contribution in [3.8, 4) is 0 Å². The third-order valence-electron chi connectivity index (χ3n) is 1.97. The summed E-state index contributed by atoms with van der Waals surface area (Å²) in [6, 6.07) is 9.94. The summed E-state index contributed by atoms with van der Waals surface area (Å²) in [5.41, 5.74) is 2.93. The van der Waals surface area contributed by atoms with Crippen LogP contribution in [0.4, 0.5) is 0 Å². The lowest BCUT2D eigenvalue weighted by Gasteiger charge is -1.94. The summed E-state index contributed by atoms with van der Waals surface area (Å²) in [6.07, 6.45) is 0. The van der Waals surface area contributed by atoms with Crippen molar-refractivity contribution < 1.29 is 0 Å². The first-order valence-electron chi connectivity index (χ1n) is 4.03. The van der Waals surface area contributed by atoms with Gasteiger partial charge in [-0.15, -0.1) is 11.3 Å². The summed E-state index contributed by atoms with van der Waals surface area (Å²) in [6.45, 7) is 0. The first-order valence-corrected chi connectivity index (χ1v) is 4.91. The highest BCUT2D eigenvalue weighted by molar-refractivity contribution is 7.16. The fraction of sp³-hybridized carbons (Fsp3) is 0. The highest BCUT2D eigenvalue weighted by atomic mass is 32.1. The molecule has 62 valence electrons. The SMILES string of the molecule is c1ccc2nc3sccc3nc2c1. The number of hydrogen-bond acceptors (Lipinski definition) is 3. The van der Waals surface area contributed by atoms with Crippen molar-refractivity contribution in [3.05, 3.63) is 35.7 Å². The summed E-state index contributed by atoms with van der Waals surface area (Å²) in [5, 5.41) is 2.02. The first-order chi connectivity index (χ1) is 6.43. The van der Waals surface area contributed by atoms with Crippen LogP contribution in [-0.2, 0) is 0 Å². The van der Waals surface area contributed by atoms with Gasteiger partial charge in [0.05, 0.1) is 11.0 Å². The topological polar surface area (TPSA) is 25.8 Å². The zero-order chi connectivity index (χ0) is 8.67. The van der Waals surface area contributed by atoms with Gasteiger partial charge in [-0.25, -0.2) is 9.97 Å². The molecule has 2 heterocycles. The number of hydrogen-bond donors (Lipinski definition) is 0. The van der Waals surface area contributed by atoms with E-state index in [4.69, 9.17) is 0 Å². The molecule has 1 aromatic carbocycles. The standard InChI is InChI=1S/C10H6N2S/c1-2-4-8-7(3-1)11-9-5-6-13-10(9)12-8/h1-6H. The van der Waals surface area contributed by atoms with Crippen LogP contribution in [0.1, 0.15) is 0 Å². The smallest absolute Gasteiger partial charge is 0.142 e. The Hall–Kier alpha value is -1.48. The van der Waals surface area contributed by atoms with Gasteiger partial charge in [0.1, 0.15) is 10.3 Å². The summed E-state index contributed by atoms with van der Waals surface area (Å²) >= 11 is 1.63. The Kier molecular flexibility index (Phi) is 1.34. The van der Waals surface area contributed by atoms with Crippen LogP contribution in [0, 0.1) is 0 Å². The van der Waals surface area contributed by atoms with E-state index in [1.54, 1.807) is 11.3 Å². The van der Waals surface area contributed by atoms with Crippen molar-refractivity contribution in [2.24, 2.45) is 0 Å². The van der Waals surface area contributed by atoms with E-state index in [-0.39, 0.29) is 0 Å². The molecule has 3 rings (SSSR count). The van der Waals surface area contributed by atoms with Crippen LogP contribution in [0.3, 0.4) is 0 Å². The Morgan fingerprint density at radius 2 is 1.62 bits per heavy atom. The van der Waals surface area contributed by atoms with Crippen LogP contribution < -0.4 is 0 Å². The third kappa shape index (κ3) is 1.01. The molecule has 0 atom stereocenters. The molecule has 0 bridgehead atoms. The highest BCUT2D eigenvalue weighted by Crippen LogP contribution is 2.19. The second-order valence-corrected chi connectivity index (χ2v) is 3.72. The molecule has 0 saturated heterocycles. The molecule has 0 unspecified atom stereocenters. The van der Waals surface area contributed by atoms with Gasteiger partial charge in [0.15, 0.2) is 0 Å². The molecule has 0 amide bonds. The van der Waals surface area contributed by atoms with Crippen molar-refractivity contribution >= 4 is 32.7 Å². The summed E-state index contributed by atoms with van der Waals surface area (Å²) in [5.74, 6) is 0. The van der Waals surface area contributed by atoms with Gasteiger partial charge in [0.25, 0.3) is 0 Å². The van der Waals surface area contributed by atoms with E-state index in [2.05, 4.69) is 9.97 Å². The van der Waals surface area contributed by atoms with E-state index in [0.29, 0.717) is 0 Å². The first kappa shape index (κ1) is 6.97. The van der Waals surface area contributed by atoms with Gasteiger partial charge in [0, 0.05) is 0 Å². The number of thiophene rings is 1. The van der Waals surface area contributed by atoms with Gasteiger partial charge < -0.3 is 0 Å². The van der Waals surface area contributed by atoms with E-state index in [9.17, 15) is 0 Å². The minimum atomic E-state index is 0.966. The Bertz CT molecular complexity index is 521. The predicted octanol–water partition coefficient (Wildman–Crippen LogP) is 2.84. The monoisotopic (exact) mass is 186 g/mol. The van der Waals surface area contributed by atoms with Crippen LogP contribution in [0.15, 0.2) is 35.7 Å². The number of aromatic nitrogens is 2. The van der Waals surface area contributed by atoms with Gasteiger partial charge in [-0.05, 0) is 23.6 Å². The van der Waals surface area contributed by atoms with Crippen LogP contribution >= 0.6 is 11.3 Å². The van der Waals surface area contributed by atoms with E-state index in [1.807, 2.05) is 35.7 Å². The van der Waals surface area contributed by atoms with E-state index in [1.165, 1.54) is 0 Å². The van der Waals surface area contributed by atoms with Crippen LogP contribution in [0.2, 0.25) is 0 Å². The molecule has 0 aliphatic carbocycles. The van der Waals surface area contributed by atoms with Crippen molar-refractivity contribution in [2.75, 3.05) is 0 Å². The molecule has 0 aliphatic rings. The number of fused-ring (bicyclic) bond motifs is 2. The molecule has 0 radical (unpaired) electrons. The molecule has 0 spiro atoms. The molecule has 3 aromatic rings. The average molecular weight is 186 g/mol. The quantitative estimate of drug-likeness (QED) is 0.539. The summed E-state index contributed by atoms with van der Waals surface area (Å²) in [7, 11) is 0. The molecule has 0 saturated carbocycles. The second kappa shape index (κ2) is 2.50. The van der Waals surface area contributed by atoms with E-state index in [0.717, 1.165) is 21.4 Å². The fourth-order valence-electron chi connectivity index (χ4n) is 1.36. The third-order valence-corrected chi connectivity index (χ3v) is 2.77. The molecule has 3 heteroatoms. The Balaban J connectivity index is 2.57. The van der Waals surface area contributed by atoms with Gasteiger partial charge in [0.2, 0.25) is 0 Å². The van der Waals surface area contributed by atoms with E-state index >= 15 is 0 Å². The van der Waals surface area contributed by atoms with Crippen LogP contribution in [0.5, 0.6) is 0 Å². The maximum absolute atomic E-state index is 4.49. The number of rotatable bonds is 0. The van der Waals surface area contributed by atoms with E-state index < -0.39 is 0 Å². The normalized spacial score (nSPS) is 11.1. The molecule has 0 fully saturated rings. The molecular weight excluding hydrogens is 180 g/mol. The molecule has 0 aliphatic heterocycles. The van der Waals surface area contributed by atoms with Crippen LogP contribution in [-0.4, -0.2) is 9.97 Å². The molecule has 0 N–H and O–H groups in total. The minimum Gasteiger partial charge on any atom is -0.244 e. The summed E-state index contributed by atoms with van der Waals surface area (Å²) < 4.78 is 0. The Labute approximate surface area is 78.9 Å². The zero-order valence-electron chi connectivity index (χ0n) is 6.77. The second-order valence-electron chi connectivity index (χ2n) is 2.82. The zero-order valence-corrected chi connectivity index (χ0v) is 7.58. The van der Waals surface area contributed by atoms with Crippen molar-refractivity contribution in [3.63, 3.8) is 0 Å². The Morgan fingerprint density at radius 3 is 2.46 bits per heavy atom. The fourth-order valence-corrected chi connectivity index (χ4v) is 2.07. The van der Waals surface area contributed by atoms with Gasteiger partial charge >= 0.3 is 0 Å². The molecule has 2 aromatic heterocycles.